The van der Waals surface area contributed by atoms with Crippen molar-refractivity contribution in [2.45, 2.75) is 0 Å². The van der Waals surface area contributed by atoms with Gasteiger partial charge < -0.3 is 14.2 Å². The predicted molar refractivity (Wildman–Crippen MR) is 130 cm³/mol. The molecular weight excluding hydrogens is 451 g/mol. The van der Waals surface area contributed by atoms with Crippen molar-refractivity contribution in [1.82, 2.24) is 15.2 Å². The van der Waals surface area contributed by atoms with E-state index in [0.29, 0.717) is 34.1 Å². The molecule has 0 saturated heterocycles. The molecule has 1 N–H and O–H groups in total. The summed E-state index contributed by atoms with van der Waals surface area (Å²) in [6.45, 7) is 0. The number of nitrogens with one attached hydrogen (secondary N) is 1. The van der Waals surface area contributed by atoms with Crippen LogP contribution in [0.3, 0.4) is 0 Å². The molecule has 0 saturated carbocycles. The Bertz CT molecular complexity index is 1330. The van der Waals surface area contributed by atoms with E-state index in [1.807, 2.05) is 30.3 Å². The van der Waals surface area contributed by atoms with E-state index in [1.54, 1.807) is 23.0 Å². The molecule has 0 radical (unpaired) electrons. The third-order valence-electron chi connectivity index (χ3n) is 5.18. The quantitative estimate of drug-likeness (QED) is 0.301. The second-order valence-corrected chi connectivity index (χ2v) is 7.33. The zero-order chi connectivity index (χ0) is 24.8. The molecule has 178 valence electrons. The number of aromatic nitrogens is 2. The molecule has 35 heavy (non-hydrogen) atoms. The number of carbonyl (C=O) groups is 1. The molecule has 4 aromatic rings. The third kappa shape index (κ3) is 5.14. The van der Waals surface area contributed by atoms with Gasteiger partial charge in [-0.25, -0.2) is 14.5 Å². The molecule has 1 amide bonds. The first kappa shape index (κ1) is 23.5. The van der Waals surface area contributed by atoms with Crippen molar-refractivity contribution < 1.29 is 23.4 Å². The number of benzene rings is 3. The molecule has 1 aromatic heterocycles. The van der Waals surface area contributed by atoms with E-state index in [0.717, 1.165) is 5.69 Å². The maximum absolute atomic E-state index is 13.5. The van der Waals surface area contributed by atoms with Crippen LogP contribution >= 0.6 is 0 Å². The van der Waals surface area contributed by atoms with E-state index in [2.05, 4.69) is 15.6 Å². The first-order valence-corrected chi connectivity index (χ1v) is 10.6. The summed E-state index contributed by atoms with van der Waals surface area (Å²) in [5.74, 6) is 0.267. The van der Waals surface area contributed by atoms with E-state index in [9.17, 15) is 9.18 Å². The molecule has 0 bridgehead atoms. The van der Waals surface area contributed by atoms with Crippen molar-refractivity contribution in [2.24, 2.45) is 5.10 Å². The molecule has 3 aromatic carbocycles. The highest BCUT2D eigenvalue weighted by atomic mass is 19.1. The van der Waals surface area contributed by atoms with Gasteiger partial charge in [-0.2, -0.15) is 10.2 Å². The van der Waals surface area contributed by atoms with Crippen LogP contribution in [0.4, 0.5) is 4.39 Å². The topological polar surface area (TPSA) is 87.0 Å². The third-order valence-corrected chi connectivity index (χ3v) is 5.18. The summed E-state index contributed by atoms with van der Waals surface area (Å²) in [6, 6.07) is 18.6. The summed E-state index contributed by atoms with van der Waals surface area (Å²) in [5.41, 5.74) is 5.54. The van der Waals surface area contributed by atoms with Gasteiger partial charge in [0.25, 0.3) is 5.91 Å². The Morgan fingerprint density at radius 3 is 2.23 bits per heavy atom. The number of halogens is 1. The highest BCUT2D eigenvalue weighted by Crippen LogP contribution is 2.38. The Kier molecular flexibility index (Phi) is 7.06. The monoisotopic (exact) mass is 474 g/mol. The van der Waals surface area contributed by atoms with Crippen LogP contribution in [-0.2, 0) is 0 Å². The van der Waals surface area contributed by atoms with E-state index in [1.165, 1.54) is 51.8 Å². The lowest BCUT2D eigenvalue weighted by Crippen LogP contribution is -2.18. The zero-order valence-electron chi connectivity index (χ0n) is 19.4. The summed E-state index contributed by atoms with van der Waals surface area (Å²) < 4.78 is 31.0. The average Bonchev–Trinajstić information content (AvgIpc) is 3.32. The van der Waals surface area contributed by atoms with Gasteiger partial charge in [-0.3, -0.25) is 4.79 Å². The fourth-order valence-corrected chi connectivity index (χ4v) is 3.46. The van der Waals surface area contributed by atoms with Crippen LogP contribution in [0.15, 0.2) is 78.0 Å². The molecule has 1 heterocycles. The van der Waals surface area contributed by atoms with Gasteiger partial charge in [-0.15, -0.1) is 0 Å². The number of methoxy groups -OCH3 is 3. The van der Waals surface area contributed by atoms with Crippen LogP contribution in [-0.4, -0.2) is 43.2 Å². The molecule has 0 aliphatic rings. The van der Waals surface area contributed by atoms with Crippen molar-refractivity contribution >= 4 is 12.1 Å². The van der Waals surface area contributed by atoms with Crippen molar-refractivity contribution in [3.05, 3.63) is 89.9 Å². The normalized spacial score (nSPS) is 10.9. The molecule has 8 nitrogen and oxygen atoms in total. The van der Waals surface area contributed by atoms with Crippen LogP contribution in [0.1, 0.15) is 15.9 Å². The number of para-hydroxylation sites is 1. The Balaban J connectivity index is 1.63. The fraction of sp³-hybridized carbons (Fsp3) is 0.115. The summed E-state index contributed by atoms with van der Waals surface area (Å²) in [6.07, 6.45) is 3.27. The Hall–Kier alpha value is -4.66. The van der Waals surface area contributed by atoms with Crippen LogP contribution in [0.2, 0.25) is 0 Å². The predicted octanol–water partition coefficient (Wildman–Crippen LogP) is 4.47. The Labute approximate surface area is 201 Å². The average molecular weight is 474 g/mol. The van der Waals surface area contributed by atoms with Gasteiger partial charge in [-0.1, -0.05) is 18.2 Å². The summed E-state index contributed by atoms with van der Waals surface area (Å²) in [7, 11) is 4.43. The molecule has 0 spiro atoms. The van der Waals surface area contributed by atoms with E-state index >= 15 is 0 Å². The van der Waals surface area contributed by atoms with Gasteiger partial charge in [0.2, 0.25) is 5.75 Å². The molecule has 0 unspecified atom stereocenters. The second-order valence-electron chi connectivity index (χ2n) is 7.33. The lowest BCUT2D eigenvalue weighted by Gasteiger charge is -2.13. The number of hydrogen-bond donors (Lipinski definition) is 1. The number of nitrogens with zero attached hydrogens (tertiary/aromatic N) is 3. The number of ether oxygens (including phenoxy) is 3. The second kappa shape index (κ2) is 10.5. The molecule has 0 fully saturated rings. The van der Waals surface area contributed by atoms with Gasteiger partial charge in [0, 0.05) is 22.9 Å². The molecular formula is C26H23FN4O4. The van der Waals surface area contributed by atoms with Crippen LogP contribution in [0, 0.1) is 5.82 Å². The highest BCUT2D eigenvalue weighted by molar-refractivity contribution is 5.97. The number of hydrogen-bond acceptors (Lipinski definition) is 6. The van der Waals surface area contributed by atoms with Gasteiger partial charge in [0.1, 0.15) is 11.5 Å². The van der Waals surface area contributed by atoms with E-state index in [-0.39, 0.29) is 11.4 Å². The molecule has 0 atom stereocenters. The van der Waals surface area contributed by atoms with Crippen molar-refractivity contribution in [3.63, 3.8) is 0 Å². The lowest BCUT2D eigenvalue weighted by molar-refractivity contribution is 0.0954. The standard InChI is InChI=1S/C26H23FN4O4/c1-33-22-13-18(14-23(34-2)25(22)35-3)26(32)29-28-15-19-16-31(21-7-5-4-6-8-21)30-24(19)17-9-11-20(27)12-10-17/h4-16H,1-3H3,(H,29,32)/b28-15+. The largest absolute Gasteiger partial charge is 0.493 e. The molecule has 9 heteroatoms. The smallest absolute Gasteiger partial charge is 0.271 e. The molecule has 0 aliphatic heterocycles. The summed E-state index contributed by atoms with van der Waals surface area (Å²) >= 11 is 0. The van der Waals surface area contributed by atoms with E-state index < -0.39 is 5.91 Å². The van der Waals surface area contributed by atoms with Crippen LogP contribution < -0.4 is 19.6 Å². The fourth-order valence-electron chi connectivity index (χ4n) is 3.46. The lowest BCUT2D eigenvalue weighted by atomic mass is 10.1. The maximum atomic E-state index is 13.5. The van der Waals surface area contributed by atoms with E-state index in [4.69, 9.17) is 14.2 Å². The minimum Gasteiger partial charge on any atom is -0.493 e. The van der Waals surface area contributed by atoms with Gasteiger partial charge >= 0.3 is 0 Å². The number of hydrazone groups is 1. The maximum Gasteiger partial charge on any atom is 0.271 e. The van der Waals surface area contributed by atoms with Gasteiger partial charge in [0.05, 0.1) is 33.2 Å². The Morgan fingerprint density at radius 1 is 0.971 bits per heavy atom. The SMILES string of the molecule is COc1cc(C(=O)N/N=C/c2cn(-c3ccccc3)nc2-c2ccc(F)cc2)cc(OC)c1OC. The van der Waals surface area contributed by atoms with Gasteiger partial charge in [0.15, 0.2) is 11.5 Å². The Morgan fingerprint density at radius 2 is 1.63 bits per heavy atom. The molecule has 0 aliphatic carbocycles. The van der Waals surface area contributed by atoms with Crippen molar-refractivity contribution in [2.75, 3.05) is 21.3 Å². The van der Waals surface area contributed by atoms with Gasteiger partial charge in [-0.05, 0) is 48.5 Å². The first-order chi connectivity index (χ1) is 17.0. The number of carbonyl (C=O) groups excluding carboxylic acids is 1. The number of amides is 1. The van der Waals surface area contributed by atoms with Crippen LogP contribution in [0.5, 0.6) is 17.2 Å². The summed E-state index contributed by atoms with van der Waals surface area (Å²) in [4.78, 5) is 12.8. The van der Waals surface area contributed by atoms with Crippen LogP contribution in [0.25, 0.3) is 16.9 Å². The molecule has 4 rings (SSSR count). The number of rotatable bonds is 8. The van der Waals surface area contributed by atoms with Crippen molar-refractivity contribution in [3.8, 4) is 34.2 Å². The highest BCUT2D eigenvalue weighted by Gasteiger charge is 2.17. The first-order valence-electron chi connectivity index (χ1n) is 10.6. The minimum atomic E-state index is -0.473. The zero-order valence-corrected chi connectivity index (χ0v) is 19.4. The minimum absolute atomic E-state index is 0.274. The van der Waals surface area contributed by atoms with Crippen molar-refractivity contribution in [1.29, 1.82) is 0 Å². The summed E-state index contributed by atoms with van der Waals surface area (Å²) in [5, 5.41) is 8.76.